The van der Waals surface area contributed by atoms with Crippen LogP contribution in [0.5, 0.6) is 5.75 Å². The van der Waals surface area contributed by atoms with Crippen molar-refractivity contribution in [3.05, 3.63) is 56.3 Å². The molecule has 0 bridgehead atoms. The molecule has 0 saturated heterocycles. The molecule has 1 aromatic carbocycles. The summed E-state index contributed by atoms with van der Waals surface area (Å²) in [7, 11) is 1.42. The van der Waals surface area contributed by atoms with E-state index in [9.17, 15) is 19.7 Å². The van der Waals surface area contributed by atoms with Gasteiger partial charge in [0.05, 0.1) is 16.9 Å². The highest BCUT2D eigenvalue weighted by Gasteiger charge is 2.20. The largest absolute Gasteiger partial charge is 0.497 e. The van der Waals surface area contributed by atoms with Crippen molar-refractivity contribution >= 4 is 28.8 Å². The first-order chi connectivity index (χ1) is 12.0. The molecular weight excluding hydrogens is 346 g/mol. The number of hydrogen-bond donors (Lipinski definition) is 2. The highest BCUT2D eigenvalue weighted by atomic mass is 32.1. The topological polar surface area (TPSA) is 111 Å². The lowest BCUT2D eigenvalue weighted by molar-refractivity contribution is -0.385. The van der Waals surface area contributed by atoms with Gasteiger partial charge in [0.1, 0.15) is 11.3 Å². The zero-order valence-electron chi connectivity index (χ0n) is 13.5. The Labute approximate surface area is 148 Å². The third-order valence-electron chi connectivity index (χ3n) is 3.31. The molecule has 8 nitrogen and oxygen atoms in total. The third kappa shape index (κ3) is 5.01. The minimum absolute atomic E-state index is 0.0630. The maximum absolute atomic E-state index is 12.2. The number of ether oxygens (including phenoxy) is 1. The van der Waals surface area contributed by atoms with Crippen LogP contribution in [0, 0.1) is 10.1 Å². The summed E-state index contributed by atoms with van der Waals surface area (Å²) in [6, 6.07) is 7.50. The Morgan fingerprint density at radius 3 is 2.52 bits per heavy atom. The highest BCUT2D eigenvalue weighted by Crippen LogP contribution is 2.23. The van der Waals surface area contributed by atoms with E-state index in [0.717, 1.165) is 0 Å². The van der Waals surface area contributed by atoms with Crippen LogP contribution in [-0.2, 0) is 0 Å². The van der Waals surface area contributed by atoms with Crippen molar-refractivity contribution in [2.45, 2.75) is 6.42 Å². The van der Waals surface area contributed by atoms with Crippen molar-refractivity contribution in [1.29, 1.82) is 0 Å². The molecule has 2 aromatic rings. The van der Waals surface area contributed by atoms with Crippen LogP contribution in [0.3, 0.4) is 0 Å². The van der Waals surface area contributed by atoms with Gasteiger partial charge in [-0.05, 0) is 30.0 Å². The summed E-state index contributed by atoms with van der Waals surface area (Å²) in [5.41, 5.74) is -0.351. The van der Waals surface area contributed by atoms with Gasteiger partial charge >= 0.3 is 0 Å². The van der Waals surface area contributed by atoms with E-state index in [-0.39, 0.29) is 23.7 Å². The maximum atomic E-state index is 12.2. The van der Waals surface area contributed by atoms with Crippen LogP contribution in [0.2, 0.25) is 0 Å². The number of thiophene rings is 1. The number of carbonyl (C=O) groups is 2. The Bertz CT molecular complexity index is 761. The summed E-state index contributed by atoms with van der Waals surface area (Å²) in [6.07, 6.45) is 0.501. The van der Waals surface area contributed by atoms with Crippen molar-refractivity contribution in [3.63, 3.8) is 0 Å². The number of nitrogens with one attached hydrogen (secondary N) is 2. The first-order valence-electron chi connectivity index (χ1n) is 7.45. The van der Waals surface area contributed by atoms with Crippen molar-refractivity contribution < 1.29 is 19.2 Å². The molecule has 0 unspecified atom stereocenters. The predicted octanol–water partition coefficient (Wildman–Crippen LogP) is 2.21. The lowest BCUT2D eigenvalue weighted by Crippen LogP contribution is -2.29. The van der Waals surface area contributed by atoms with Crippen molar-refractivity contribution in [2.24, 2.45) is 0 Å². The van der Waals surface area contributed by atoms with Gasteiger partial charge in [-0.3, -0.25) is 19.7 Å². The number of methoxy groups -OCH3 is 1. The van der Waals surface area contributed by atoms with E-state index in [1.54, 1.807) is 12.1 Å². The van der Waals surface area contributed by atoms with Gasteiger partial charge in [-0.25, -0.2) is 0 Å². The molecule has 2 amide bonds. The molecule has 0 atom stereocenters. The van der Waals surface area contributed by atoms with E-state index in [4.69, 9.17) is 4.74 Å². The molecule has 1 aromatic heterocycles. The Morgan fingerprint density at radius 2 is 1.92 bits per heavy atom. The van der Waals surface area contributed by atoms with Crippen LogP contribution in [0.15, 0.2) is 35.7 Å². The Morgan fingerprint density at radius 1 is 1.20 bits per heavy atom. The molecule has 1 heterocycles. The Kier molecular flexibility index (Phi) is 6.47. The average molecular weight is 363 g/mol. The third-order valence-corrected chi connectivity index (χ3v) is 4.18. The Hall–Kier alpha value is -2.94. The first kappa shape index (κ1) is 18.4. The lowest BCUT2D eigenvalue weighted by atomic mass is 10.1. The van der Waals surface area contributed by atoms with E-state index >= 15 is 0 Å². The van der Waals surface area contributed by atoms with Crippen molar-refractivity contribution in [3.8, 4) is 5.75 Å². The van der Waals surface area contributed by atoms with Gasteiger partial charge in [-0.2, -0.15) is 0 Å². The number of nitro groups is 1. The molecular formula is C16H17N3O5S. The summed E-state index contributed by atoms with van der Waals surface area (Å²) in [5, 5.41) is 18.2. The SMILES string of the molecule is COc1ccc([N+](=O)[O-])c(C(=O)NCCCNC(=O)c2cccs2)c1. The van der Waals surface area contributed by atoms with Gasteiger partial charge < -0.3 is 15.4 Å². The molecule has 0 aliphatic rings. The summed E-state index contributed by atoms with van der Waals surface area (Å²) in [5.74, 6) is -0.362. The molecule has 0 radical (unpaired) electrons. The van der Waals surface area contributed by atoms with Gasteiger partial charge in [0, 0.05) is 19.2 Å². The zero-order chi connectivity index (χ0) is 18.2. The van der Waals surface area contributed by atoms with E-state index in [0.29, 0.717) is 23.6 Å². The van der Waals surface area contributed by atoms with E-state index in [2.05, 4.69) is 10.6 Å². The molecule has 9 heteroatoms. The molecule has 132 valence electrons. The van der Waals surface area contributed by atoms with Crippen molar-refractivity contribution in [2.75, 3.05) is 20.2 Å². The molecule has 0 spiro atoms. The quantitative estimate of drug-likeness (QED) is 0.424. The molecule has 0 fully saturated rings. The number of rotatable bonds is 8. The van der Waals surface area contributed by atoms with Crippen LogP contribution < -0.4 is 15.4 Å². The summed E-state index contributed by atoms with van der Waals surface area (Å²) < 4.78 is 5.00. The fourth-order valence-corrected chi connectivity index (χ4v) is 2.71. The fraction of sp³-hybridized carbons (Fsp3) is 0.250. The molecule has 0 saturated carbocycles. The second-order valence-electron chi connectivity index (χ2n) is 4.98. The number of amides is 2. The number of nitro benzene ring substituents is 1. The number of benzene rings is 1. The molecule has 2 rings (SSSR count). The second-order valence-corrected chi connectivity index (χ2v) is 5.93. The highest BCUT2D eigenvalue weighted by molar-refractivity contribution is 7.12. The normalized spacial score (nSPS) is 10.1. The Balaban J connectivity index is 1.84. The predicted molar refractivity (Wildman–Crippen MR) is 93.3 cm³/mol. The lowest BCUT2D eigenvalue weighted by Gasteiger charge is -2.08. The number of carbonyl (C=O) groups excluding carboxylic acids is 2. The van der Waals surface area contributed by atoms with Gasteiger partial charge in [0.2, 0.25) is 0 Å². The van der Waals surface area contributed by atoms with Crippen LogP contribution in [0.1, 0.15) is 26.5 Å². The molecule has 0 aliphatic carbocycles. The van der Waals surface area contributed by atoms with Crippen LogP contribution >= 0.6 is 11.3 Å². The second kappa shape index (κ2) is 8.78. The summed E-state index contributed by atoms with van der Waals surface area (Å²) in [4.78, 5) is 34.9. The van der Waals surface area contributed by atoms with Gasteiger partial charge in [-0.1, -0.05) is 6.07 Å². The fourth-order valence-electron chi connectivity index (χ4n) is 2.07. The maximum Gasteiger partial charge on any atom is 0.282 e. The van der Waals surface area contributed by atoms with Crippen LogP contribution in [-0.4, -0.2) is 36.9 Å². The van der Waals surface area contributed by atoms with E-state index < -0.39 is 10.8 Å². The number of nitrogens with zero attached hydrogens (tertiary/aromatic N) is 1. The van der Waals surface area contributed by atoms with Crippen LogP contribution in [0.4, 0.5) is 5.69 Å². The van der Waals surface area contributed by atoms with E-state index in [1.165, 1.54) is 36.6 Å². The number of hydrogen-bond acceptors (Lipinski definition) is 6. The zero-order valence-corrected chi connectivity index (χ0v) is 14.3. The van der Waals surface area contributed by atoms with Crippen LogP contribution in [0.25, 0.3) is 0 Å². The smallest absolute Gasteiger partial charge is 0.282 e. The van der Waals surface area contributed by atoms with Gasteiger partial charge in [0.15, 0.2) is 0 Å². The minimum atomic E-state index is -0.615. The summed E-state index contributed by atoms with van der Waals surface area (Å²) >= 11 is 1.35. The molecule has 2 N–H and O–H groups in total. The van der Waals surface area contributed by atoms with Gasteiger partial charge in [0.25, 0.3) is 17.5 Å². The standard InChI is InChI=1S/C16H17N3O5S/c1-24-11-5-6-13(19(22)23)12(10-11)15(20)17-7-3-8-18-16(21)14-4-2-9-25-14/h2,4-6,9-10H,3,7-8H2,1H3,(H,17,20)(H,18,21). The van der Waals surface area contributed by atoms with E-state index in [1.807, 2.05) is 5.38 Å². The molecule has 25 heavy (non-hydrogen) atoms. The summed E-state index contributed by atoms with van der Waals surface area (Å²) in [6.45, 7) is 0.662. The van der Waals surface area contributed by atoms with Gasteiger partial charge in [-0.15, -0.1) is 11.3 Å². The minimum Gasteiger partial charge on any atom is -0.497 e. The average Bonchev–Trinajstić information content (AvgIpc) is 3.15. The van der Waals surface area contributed by atoms with Crippen molar-refractivity contribution in [1.82, 2.24) is 10.6 Å². The molecule has 0 aliphatic heterocycles. The first-order valence-corrected chi connectivity index (χ1v) is 8.33. The monoisotopic (exact) mass is 363 g/mol.